The summed E-state index contributed by atoms with van der Waals surface area (Å²) in [6.07, 6.45) is -2.58. The second-order valence-corrected chi connectivity index (χ2v) is 11.3. The highest BCUT2D eigenvalue weighted by atomic mass is 19.4. The van der Waals surface area contributed by atoms with E-state index >= 15 is 0 Å². The first-order valence-corrected chi connectivity index (χ1v) is 13.9. The monoisotopic (exact) mass is 550 g/mol. The van der Waals surface area contributed by atoms with Crippen molar-refractivity contribution in [2.75, 3.05) is 18.4 Å². The summed E-state index contributed by atoms with van der Waals surface area (Å²) >= 11 is 0. The number of fused-ring (bicyclic) bond motifs is 2. The van der Waals surface area contributed by atoms with E-state index in [0.29, 0.717) is 31.5 Å². The van der Waals surface area contributed by atoms with Gasteiger partial charge in [-0.25, -0.2) is 0 Å². The molecular weight excluding hydrogens is 513 g/mol. The normalized spacial score (nSPS) is 17.9. The topological polar surface area (TPSA) is 70.4 Å². The van der Waals surface area contributed by atoms with Gasteiger partial charge in [0.25, 0.3) is 0 Å². The third-order valence-corrected chi connectivity index (χ3v) is 8.22. The zero-order valence-electron chi connectivity index (χ0n) is 23.3. The van der Waals surface area contributed by atoms with E-state index in [4.69, 9.17) is 5.73 Å². The number of anilines is 1. The molecular formula is C32H37F3N4O. The molecule has 4 N–H and O–H groups in total. The molecule has 1 amide bonds. The van der Waals surface area contributed by atoms with Crippen molar-refractivity contribution in [3.8, 4) is 0 Å². The van der Waals surface area contributed by atoms with E-state index in [9.17, 15) is 18.0 Å². The summed E-state index contributed by atoms with van der Waals surface area (Å²) < 4.78 is 40.9. The minimum Gasteiger partial charge on any atom is -0.385 e. The van der Waals surface area contributed by atoms with Gasteiger partial charge in [-0.3, -0.25) is 9.69 Å². The first kappa shape index (κ1) is 28.2. The second-order valence-electron chi connectivity index (χ2n) is 11.3. The predicted octanol–water partition coefficient (Wildman–Crippen LogP) is 5.73. The van der Waals surface area contributed by atoms with E-state index in [1.807, 2.05) is 12.1 Å². The van der Waals surface area contributed by atoms with Gasteiger partial charge in [-0.1, -0.05) is 42.0 Å². The molecule has 0 aromatic heterocycles. The largest absolute Gasteiger partial charge is 0.416 e. The number of benzene rings is 3. The number of aryl methyl sites for hydroxylation is 3. The molecule has 0 fully saturated rings. The summed E-state index contributed by atoms with van der Waals surface area (Å²) in [7, 11) is 0. The van der Waals surface area contributed by atoms with Crippen molar-refractivity contribution in [2.24, 2.45) is 5.73 Å². The van der Waals surface area contributed by atoms with Crippen molar-refractivity contribution < 1.29 is 18.0 Å². The second kappa shape index (κ2) is 11.3. The number of nitrogens with zero attached hydrogens (tertiary/aromatic N) is 1. The van der Waals surface area contributed by atoms with E-state index in [0.717, 1.165) is 52.0 Å². The van der Waals surface area contributed by atoms with Gasteiger partial charge in [-0.2, -0.15) is 13.2 Å². The number of hydrogen-bond acceptors (Lipinski definition) is 4. The maximum absolute atomic E-state index is 13.6. The number of amides is 1. The van der Waals surface area contributed by atoms with Crippen LogP contribution in [0, 0.1) is 20.8 Å². The summed E-state index contributed by atoms with van der Waals surface area (Å²) in [4.78, 5) is 15.3. The molecule has 0 aliphatic carbocycles. The Labute approximate surface area is 234 Å². The van der Waals surface area contributed by atoms with Crippen LogP contribution in [-0.4, -0.2) is 29.9 Å². The van der Waals surface area contributed by atoms with Gasteiger partial charge in [-0.05, 0) is 91.1 Å². The smallest absolute Gasteiger partial charge is 0.385 e. The first-order chi connectivity index (χ1) is 19.0. The van der Waals surface area contributed by atoms with Gasteiger partial charge in [0.1, 0.15) is 0 Å². The summed E-state index contributed by atoms with van der Waals surface area (Å²) in [5.41, 5.74) is 14.5. The fourth-order valence-electron chi connectivity index (χ4n) is 6.24. The van der Waals surface area contributed by atoms with Gasteiger partial charge in [0.2, 0.25) is 5.91 Å². The van der Waals surface area contributed by atoms with Crippen molar-refractivity contribution >= 4 is 11.6 Å². The van der Waals surface area contributed by atoms with Crippen molar-refractivity contribution in [3.05, 3.63) is 98.6 Å². The van der Waals surface area contributed by atoms with Crippen LogP contribution >= 0.6 is 0 Å². The van der Waals surface area contributed by atoms with Crippen LogP contribution in [0.25, 0.3) is 0 Å². The molecule has 5 nitrogen and oxygen atoms in total. The van der Waals surface area contributed by atoms with E-state index in [1.54, 1.807) is 6.07 Å². The standard InChI is InChI=1S/C32H37F3N4O/c1-19-13-20(2)24(21(3)14-19)16-28(36)31(40)38-30-9-11-37-29-8-7-22(15-25(29)30)17-39-12-10-23-5-4-6-27(26(23)18-39)32(33,34)35/h4-8,13-15,28,30,37H,9-12,16-18,36H2,1-3H3,(H,38,40). The molecule has 212 valence electrons. The Morgan fingerprint density at radius 3 is 2.60 bits per heavy atom. The molecule has 5 rings (SSSR count). The van der Waals surface area contributed by atoms with Crippen LogP contribution in [0.2, 0.25) is 0 Å². The maximum atomic E-state index is 13.6. The molecule has 3 aromatic rings. The van der Waals surface area contributed by atoms with Gasteiger partial charge < -0.3 is 16.4 Å². The molecule has 0 saturated heterocycles. The lowest BCUT2D eigenvalue weighted by Crippen LogP contribution is -2.44. The molecule has 0 saturated carbocycles. The van der Waals surface area contributed by atoms with Gasteiger partial charge in [0.05, 0.1) is 17.6 Å². The minimum atomic E-state index is -4.37. The molecule has 2 atom stereocenters. The van der Waals surface area contributed by atoms with E-state index in [2.05, 4.69) is 54.5 Å². The number of carbonyl (C=O) groups excluding carboxylic acids is 1. The average molecular weight is 551 g/mol. The first-order valence-electron chi connectivity index (χ1n) is 13.9. The quantitative estimate of drug-likeness (QED) is 0.367. The molecule has 2 heterocycles. The molecule has 0 spiro atoms. The molecule has 0 bridgehead atoms. The van der Waals surface area contributed by atoms with Crippen molar-refractivity contribution in [3.63, 3.8) is 0 Å². The van der Waals surface area contributed by atoms with Gasteiger partial charge in [0, 0.05) is 31.9 Å². The molecule has 0 radical (unpaired) electrons. The Balaban J connectivity index is 1.29. The van der Waals surface area contributed by atoms with Gasteiger partial charge >= 0.3 is 6.18 Å². The molecule has 8 heteroatoms. The number of alkyl halides is 3. The maximum Gasteiger partial charge on any atom is 0.416 e. The van der Waals surface area contributed by atoms with Gasteiger partial charge in [-0.15, -0.1) is 0 Å². The fourth-order valence-corrected chi connectivity index (χ4v) is 6.24. The zero-order chi connectivity index (χ0) is 28.6. The van der Waals surface area contributed by atoms with Crippen molar-refractivity contribution in [1.29, 1.82) is 0 Å². The third kappa shape index (κ3) is 6.03. The van der Waals surface area contributed by atoms with Crippen molar-refractivity contribution in [1.82, 2.24) is 10.2 Å². The highest BCUT2D eigenvalue weighted by molar-refractivity contribution is 5.82. The van der Waals surface area contributed by atoms with E-state index < -0.39 is 17.8 Å². The summed E-state index contributed by atoms with van der Waals surface area (Å²) in [5.74, 6) is -0.185. The van der Waals surface area contributed by atoms with Crippen LogP contribution in [0.3, 0.4) is 0 Å². The summed E-state index contributed by atoms with van der Waals surface area (Å²) in [5, 5.41) is 6.57. The zero-order valence-corrected chi connectivity index (χ0v) is 23.3. The fraction of sp³-hybridized carbons (Fsp3) is 0.406. The van der Waals surface area contributed by atoms with Crippen LogP contribution in [0.5, 0.6) is 0 Å². The number of nitrogens with two attached hydrogens (primary N) is 1. The average Bonchev–Trinajstić information content (AvgIpc) is 2.90. The molecule has 2 aliphatic heterocycles. The molecule has 3 aromatic carbocycles. The SMILES string of the molecule is Cc1cc(C)c(CC(N)C(=O)NC2CCNc3ccc(CN4CCc5cccc(C(F)(F)F)c5C4)cc32)c(C)c1. The third-order valence-electron chi connectivity index (χ3n) is 8.22. The van der Waals surface area contributed by atoms with Crippen LogP contribution in [0.4, 0.5) is 18.9 Å². The van der Waals surface area contributed by atoms with Gasteiger partial charge in [0.15, 0.2) is 0 Å². The Morgan fingerprint density at radius 1 is 1.12 bits per heavy atom. The lowest BCUT2D eigenvalue weighted by atomic mass is 9.92. The Kier molecular flexibility index (Phi) is 7.93. The Bertz CT molecular complexity index is 1390. The molecule has 2 aliphatic rings. The van der Waals surface area contributed by atoms with Crippen molar-refractivity contribution in [2.45, 2.75) is 71.4 Å². The number of carbonyl (C=O) groups is 1. The lowest BCUT2D eigenvalue weighted by Gasteiger charge is -2.32. The summed E-state index contributed by atoms with van der Waals surface area (Å²) in [6, 6.07) is 13.9. The lowest BCUT2D eigenvalue weighted by molar-refractivity contribution is -0.138. The molecule has 2 unspecified atom stereocenters. The van der Waals surface area contributed by atoms with Crippen LogP contribution in [0.1, 0.15) is 62.5 Å². The summed E-state index contributed by atoms with van der Waals surface area (Å²) in [6.45, 7) is 8.37. The van der Waals surface area contributed by atoms with E-state index in [1.165, 1.54) is 17.7 Å². The Morgan fingerprint density at radius 2 is 1.88 bits per heavy atom. The highest BCUT2D eigenvalue weighted by Gasteiger charge is 2.35. The number of halogens is 3. The predicted molar refractivity (Wildman–Crippen MR) is 152 cm³/mol. The highest BCUT2D eigenvalue weighted by Crippen LogP contribution is 2.36. The molecule has 40 heavy (non-hydrogen) atoms. The minimum absolute atomic E-state index is 0.185. The van der Waals surface area contributed by atoms with Crippen LogP contribution in [0.15, 0.2) is 48.5 Å². The number of nitrogens with one attached hydrogen (secondary N) is 2. The van der Waals surface area contributed by atoms with Crippen LogP contribution < -0.4 is 16.4 Å². The number of rotatable bonds is 6. The van der Waals surface area contributed by atoms with Crippen LogP contribution in [-0.2, 0) is 36.9 Å². The van der Waals surface area contributed by atoms with E-state index in [-0.39, 0.29) is 18.5 Å². The Hall–Kier alpha value is -3.36. The number of hydrogen-bond donors (Lipinski definition) is 3.